The molecule has 1 rings (SSSR count). The summed E-state index contributed by atoms with van der Waals surface area (Å²) in [6, 6.07) is 0. The van der Waals surface area contributed by atoms with Gasteiger partial charge in [0.05, 0.1) is 6.26 Å². The van der Waals surface area contributed by atoms with Crippen LogP contribution < -0.4 is 5.32 Å². The van der Waals surface area contributed by atoms with E-state index in [2.05, 4.69) is 11.9 Å². The molecule has 0 amide bonds. The molecule has 0 bridgehead atoms. The summed E-state index contributed by atoms with van der Waals surface area (Å²) < 4.78 is 4.70. The van der Waals surface area contributed by atoms with Crippen molar-refractivity contribution in [3.05, 3.63) is 18.9 Å². The van der Waals surface area contributed by atoms with Crippen molar-refractivity contribution >= 4 is 0 Å². The predicted molar refractivity (Wildman–Crippen MR) is 26.3 cm³/mol. The van der Waals surface area contributed by atoms with Crippen LogP contribution in [0.25, 0.3) is 0 Å². The molecule has 2 nitrogen and oxygen atoms in total. The Kier molecular flexibility index (Phi) is 1.75. The Morgan fingerprint density at radius 2 is 2.71 bits per heavy atom. The molecule has 1 heterocycles. The molecule has 0 aliphatic carbocycles. The Morgan fingerprint density at radius 1 is 1.71 bits per heavy atom. The quantitative estimate of drug-likeness (QED) is 0.465. The van der Waals surface area contributed by atoms with Crippen LogP contribution in [0.3, 0.4) is 0 Å². The van der Waals surface area contributed by atoms with Gasteiger partial charge in [-0.15, -0.1) is 0 Å². The van der Waals surface area contributed by atoms with Crippen molar-refractivity contribution in [1.82, 2.24) is 5.32 Å². The lowest BCUT2D eigenvalue weighted by Gasteiger charge is -1.90. The standard InChI is InChI=1S/C5H7NO/c1-2-6-3-5-7-4-1/h1,4,6H,2-3H2. The first-order valence-corrected chi connectivity index (χ1v) is 2.24. The Morgan fingerprint density at radius 3 is 3.71 bits per heavy atom. The third-order valence-corrected chi connectivity index (χ3v) is 0.707. The van der Waals surface area contributed by atoms with Gasteiger partial charge < -0.3 is 10.1 Å². The van der Waals surface area contributed by atoms with Gasteiger partial charge >= 0.3 is 0 Å². The van der Waals surface area contributed by atoms with Crippen LogP contribution in [0.2, 0.25) is 0 Å². The molecule has 2 heteroatoms. The van der Waals surface area contributed by atoms with E-state index in [0.717, 1.165) is 6.54 Å². The monoisotopic (exact) mass is 97.1 g/mol. The van der Waals surface area contributed by atoms with Crippen LogP contribution in [0.1, 0.15) is 0 Å². The van der Waals surface area contributed by atoms with Crippen molar-refractivity contribution in [3.63, 3.8) is 0 Å². The van der Waals surface area contributed by atoms with Gasteiger partial charge in [-0.1, -0.05) is 0 Å². The molecule has 0 fully saturated rings. The Bertz CT molecular complexity index is 62.5. The van der Waals surface area contributed by atoms with E-state index in [1.807, 2.05) is 6.08 Å². The highest BCUT2D eigenvalue weighted by Gasteiger charge is 1.88. The van der Waals surface area contributed by atoms with Crippen LogP contribution in [-0.2, 0) is 4.74 Å². The van der Waals surface area contributed by atoms with Crippen molar-refractivity contribution in [2.24, 2.45) is 0 Å². The van der Waals surface area contributed by atoms with E-state index in [4.69, 9.17) is 4.74 Å². The zero-order valence-electron chi connectivity index (χ0n) is 3.98. The summed E-state index contributed by atoms with van der Waals surface area (Å²) in [5.74, 6) is 0. The van der Waals surface area contributed by atoms with Gasteiger partial charge in [0.25, 0.3) is 0 Å². The summed E-state index contributed by atoms with van der Waals surface area (Å²) in [5, 5.41) is 3.02. The van der Waals surface area contributed by atoms with E-state index in [-0.39, 0.29) is 0 Å². The summed E-state index contributed by atoms with van der Waals surface area (Å²) in [7, 11) is 0. The zero-order valence-corrected chi connectivity index (χ0v) is 3.98. The number of nitrogens with one attached hydrogen (secondary N) is 1. The molecule has 1 aliphatic rings. The first-order chi connectivity index (χ1) is 3.50. The van der Waals surface area contributed by atoms with Gasteiger partial charge in [-0.2, -0.15) is 0 Å². The van der Waals surface area contributed by atoms with Crippen LogP contribution in [0, 0.1) is 6.61 Å². The van der Waals surface area contributed by atoms with Crippen LogP contribution >= 0.6 is 0 Å². The molecule has 0 aromatic carbocycles. The lowest BCUT2D eigenvalue weighted by atomic mass is 10.6. The second-order valence-corrected chi connectivity index (χ2v) is 1.26. The summed E-state index contributed by atoms with van der Waals surface area (Å²) in [4.78, 5) is 0. The van der Waals surface area contributed by atoms with Crippen molar-refractivity contribution < 1.29 is 4.74 Å². The average molecular weight is 97.1 g/mol. The first-order valence-electron chi connectivity index (χ1n) is 2.24. The lowest BCUT2D eigenvalue weighted by Crippen LogP contribution is -2.13. The minimum absolute atomic E-state index is 0.715. The van der Waals surface area contributed by atoms with Crippen molar-refractivity contribution in [2.45, 2.75) is 0 Å². The van der Waals surface area contributed by atoms with Crippen LogP contribution in [0.5, 0.6) is 0 Å². The molecule has 0 aromatic heterocycles. The minimum atomic E-state index is 0.715. The van der Waals surface area contributed by atoms with E-state index >= 15 is 0 Å². The highest BCUT2D eigenvalue weighted by molar-refractivity contribution is 4.81. The summed E-state index contributed by atoms with van der Waals surface area (Å²) >= 11 is 0. The summed E-state index contributed by atoms with van der Waals surface area (Å²) in [6.45, 7) is 4.25. The van der Waals surface area contributed by atoms with Gasteiger partial charge in [0, 0.05) is 13.1 Å². The second-order valence-electron chi connectivity index (χ2n) is 1.26. The second kappa shape index (κ2) is 2.64. The fourth-order valence-electron chi connectivity index (χ4n) is 0.393. The number of rotatable bonds is 0. The summed E-state index contributed by atoms with van der Waals surface area (Å²) in [6.07, 6.45) is 3.53. The highest BCUT2D eigenvalue weighted by Crippen LogP contribution is 1.85. The molecule has 38 valence electrons. The number of ether oxygens (including phenoxy) is 1. The molecular weight excluding hydrogens is 90.1 g/mol. The van der Waals surface area contributed by atoms with Gasteiger partial charge in [0.2, 0.25) is 6.61 Å². The number of hydrogen-bond donors (Lipinski definition) is 1. The minimum Gasteiger partial charge on any atom is -0.485 e. The maximum absolute atomic E-state index is 4.70. The zero-order chi connectivity index (χ0) is 4.95. The van der Waals surface area contributed by atoms with Crippen LogP contribution in [0.4, 0.5) is 0 Å². The van der Waals surface area contributed by atoms with E-state index in [1.54, 1.807) is 6.26 Å². The number of hydrogen-bond acceptors (Lipinski definition) is 2. The van der Waals surface area contributed by atoms with Gasteiger partial charge in [-0.3, -0.25) is 0 Å². The molecule has 0 atom stereocenters. The molecule has 0 unspecified atom stereocenters. The molecular formula is C5H7NO. The van der Waals surface area contributed by atoms with Gasteiger partial charge in [-0.25, -0.2) is 0 Å². The highest BCUT2D eigenvalue weighted by atomic mass is 16.5. The van der Waals surface area contributed by atoms with Gasteiger partial charge in [-0.05, 0) is 6.08 Å². The van der Waals surface area contributed by atoms with Crippen molar-refractivity contribution in [2.75, 3.05) is 13.1 Å². The largest absolute Gasteiger partial charge is 0.485 e. The molecule has 0 saturated carbocycles. The Balaban J connectivity index is 2.20. The molecule has 0 saturated heterocycles. The van der Waals surface area contributed by atoms with Gasteiger partial charge in [0.15, 0.2) is 0 Å². The van der Waals surface area contributed by atoms with E-state index in [1.165, 1.54) is 0 Å². The van der Waals surface area contributed by atoms with Crippen molar-refractivity contribution in [3.8, 4) is 0 Å². The van der Waals surface area contributed by atoms with Crippen molar-refractivity contribution in [1.29, 1.82) is 0 Å². The third kappa shape index (κ3) is 1.59. The topological polar surface area (TPSA) is 21.3 Å². The fourth-order valence-corrected chi connectivity index (χ4v) is 0.393. The van der Waals surface area contributed by atoms with Crippen LogP contribution in [0.15, 0.2) is 12.3 Å². The smallest absolute Gasteiger partial charge is 0.210 e. The molecule has 2 radical (unpaired) electrons. The Labute approximate surface area is 43.2 Å². The summed E-state index contributed by atoms with van der Waals surface area (Å²) in [5.41, 5.74) is 0. The van der Waals surface area contributed by atoms with E-state index in [0.29, 0.717) is 6.54 Å². The predicted octanol–water partition coefficient (Wildman–Crippen LogP) is 0.159. The normalized spacial score (nSPS) is 20.6. The molecule has 1 N–H and O–H groups in total. The van der Waals surface area contributed by atoms with Crippen LogP contribution in [-0.4, -0.2) is 13.1 Å². The molecule has 0 aromatic rings. The maximum Gasteiger partial charge on any atom is 0.210 e. The third-order valence-electron chi connectivity index (χ3n) is 0.707. The molecule has 1 aliphatic heterocycles. The van der Waals surface area contributed by atoms with E-state index in [9.17, 15) is 0 Å². The fraction of sp³-hybridized carbons (Fsp3) is 0.400. The SMILES string of the molecule is [C]1CNCC=CO1. The average Bonchev–Trinajstić information content (AvgIpc) is 1.90. The maximum atomic E-state index is 4.70. The van der Waals surface area contributed by atoms with Gasteiger partial charge in [0.1, 0.15) is 0 Å². The molecule has 0 spiro atoms. The van der Waals surface area contributed by atoms with E-state index < -0.39 is 0 Å². The molecule has 7 heavy (non-hydrogen) atoms. The first kappa shape index (κ1) is 4.65. The Hall–Kier alpha value is -0.500. The lowest BCUT2D eigenvalue weighted by molar-refractivity contribution is 0.333.